The van der Waals surface area contributed by atoms with Crippen LogP contribution in [-0.4, -0.2) is 29.9 Å². The van der Waals surface area contributed by atoms with Crippen LogP contribution in [0.4, 0.5) is 0 Å². The van der Waals surface area contributed by atoms with E-state index in [1.165, 1.54) is 11.1 Å². The minimum atomic E-state index is 0.253. The summed E-state index contributed by atoms with van der Waals surface area (Å²) in [4.78, 5) is 14.7. The number of carbonyl (C=O) groups is 1. The van der Waals surface area contributed by atoms with E-state index in [1.54, 1.807) is 0 Å². The van der Waals surface area contributed by atoms with Crippen LogP contribution in [0.5, 0.6) is 0 Å². The largest absolute Gasteiger partial charge is 0.352 e. The van der Waals surface area contributed by atoms with Crippen LogP contribution in [0.25, 0.3) is 0 Å². The Labute approximate surface area is 150 Å². The molecule has 0 radical (unpaired) electrons. The zero-order valence-corrected chi connectivity index (χ0v) is 14.6. The van der Waals surface area contributed by atoms with Crippen LogP contribution in [0.15, 0.2) is 60.7 Å². The van der Waals surface area contributed by atoms with Gasteiger partial charge in [0.2, 0.25) is 5.91 Å². The van der Waals surface area contributed by atoms with Crippen molar-refractivity contribution in [1.82, 2.24) is 10.2 Å². The third-order valence-corrected chi connectivity index (χ3v) is 5.34. The van der Waals surface area contributed by atoms with E-state index in [2.05, 4.69) is 70.9 Å². The van der Waals surface area contributed by atoms with E-state index in [-0.39, 0.29) is 23.9 Å². The van der Waals surface area contributed by atoms with Gasteiger partial charge in [0.05, 0.1) is 6.04 Å². The van der Waals surface area contributed by atoms with E-state index in [4.69, 9.17) is 0 Å². The molecule has 2 aromatic rings. The van der Waals surface area contributed by atoms with Crippen molar-refractivity contribution in [3.63, 3.8) is 0 Å². The molecule has 1 saturated carbocycles. The van der Waals surface area contributed by atoms with Crippen molar-refractivity contribution >= 4 is 5.91 Å². The number of nitrogens with one attached hydrogen (secondary N) is 1. The van der Waals surface area contributed by atoms with Crippen LogP contribution < -0.4 is 5.32 Å². The van der Waals surface area contributed by atoms with Crippen LogP contribution in [0.2, 0.25) is 0 Å². The van der Waals surface area contributed by atoms with Gasteiger partial charge in [-0.1, -0.05) is 60.7 Å². The lowest BCUT2D eigenvalue weighted by Gasteiger charge is -2.39. The number of carbonyl (C=O) groups excluding carboxylic acids is 1. The summed E-state index contributed by atoms with van der Waals surface area (Å²) in [6, 6.07) is 22.0. The molecule has 0 aromatic heterocycles. The van der Waals surface area contributed by atoms with Gasteiger partial charge in [0.25, 0.3) is 0 Å². The van der Waals surface area contributed by atoms with E-state index >= 15 is 0 Å². The Balaban J connectivity index is 1.55. The predicted molar refractivity (Wildman–Crippen MR) is 100 cm³/mol. The minimum Gasteiger partial charge on any atom is -0.352 e. The monoisotopic (exact) mass is 334 g/mol. The normalized spacial score (nSPS) is 21.2. The Bertz CT molecular complexity index is 657. The fraction of sp³-hybridized carbons (Fsp3) is 0.409. The van der Waals surface area contributed by atoms with Gasteiger partial charge in [-0.2, -0.15) is 0 Å². The molecule has 1 amide bonds. The summed E-state index contributed by atoms with van der Waals surface area (Å²) in [5.74, 6) is 0.553. The van der Waals surface area contributed by atoms with Crippen LogP contribution in [0.3, 0.4) is 0 Å². The number of hydrogen-bond acceptors (Lipinski definition) is 2. The molecule has 1 aliphatic heterocycles. The molecule has 3 heteroatoms. The number of hydrogen-bond donors (Lipinski definition) is 1. The van der Waals surface area contributed by atoms with Crippen molar-refractivity contribution in [3.05, 3.63) is 71.8 Å². The second kappa shape index (κ2) is 7.40. The molecular formula is C22H26N2O. The van der Waals surface area contributed by atoms with Crippen molar-refractivity contribution in [1.29, 1.82) is 0 Å². The van der Waals surface area contributed by atoms with E-state index < -0.39 is 0 Å². The number of rotatable bonds is 5. The van der Waals surface area contributed by atoms with Gasteiger partial charge in [0.15, 0.2) is 0 Å². The summed E-state index contributed by atoms with van der Waals surface area (Å²) in [7, 11) is 0. The Morgan fingerprint density at radius 1 is 0.920 bits per heavy atom. The summed E-state index contributed by atoms with van der Waals surface area (Å²) >= 11 is 0. The fourth-order valence-electron chi connectivity index (χ4n) is 3.91. The molecule has 25 heavy (non-hydrogen) atoms. The maximum absolute atomic E-state index is 12.2. The molecule has 1 unspecified atom stereocenters. The molecule has 1 aliphatic carbocycles. The maximum Gasteiger partial charge on any atom is 0.223 e. The number of piperidine rings is 1. The first-order valence-corrected chi connectivity index (χ1v) is 9.45. The average Bonchev–Trinajstić information content (AvgIpc) is 3.49. The number of nitrogens with zero attached hydrogens (tertiary/aromatic N) is 1. The average molecular weight is 334 g/mol. The molecular weight excluding hydrogens is 308 g/mol. The van der Waals surface area contributed by atoms with Gasteiger partial charge >= 0.3 is 0 Å². The first-order valence-electron chi connectivity index (χ1n) is 9.45. The Morgan fingerprint density at radius 2 is 1.52 bits per heavy atom. The molecule has 130 valence electrons. The second-order valence-corrected chi connectivity index (χ2v) is 7.34. The van der Waals surface area contributed by atoms with Crippen LogP contribution in [0, 0.1) is 5.92 Å². The van der Waals surface area contributed by atoms with Crippen LogP contribution in [-0.2, 0) is 4.79 Å². The summed E-state index contributed by atoms with van der Waals surface area (Å²) in [6.45, 7) is 2.00. The molecule has 0 bridgehead atoms. The highest BCUT2D eigenvalue weighted by Gasteiger charge is 2.33. The molecule has 2 aromatic carbocycles. The Hall–Kier alpha value is -2.13. The van der Waals surface area contributed by atoms with E-state index in [9.17, 15) is 4.79 Å². The van der Waals surface area contributed by atoms with Crippen molar-refractivity contribution in [2.45, 2.75) is 37.8 Å². The summed E-state index contributed by atoms with van der Waals surface area (Å²) in [5, 5.41) is 3.29. The smallest absolute Gasteiger partial charge is 0.223 e. The number of amides is 1. The molecule has 1 heterocycles. The van der Waals surface area contributed by atoms with Gasteiger partial charge in [0.1, 0.15) is 0 Å². The zero-order chi connectivity index (χ0) is 17.1. The lowest BCUT2D eigenvalue weighted by atomic mass is 9.94. The molecule has 1 saturated heterocycles. The van der Waals surface area contributed by atoms with Gasteiger partial charge < -0.3 is 5.32 Å². The van der Waals surface area contributed by atoms with Gasteiger partial charge in [-0.25, -0.2) is 0 Å². The maximum atomic E-state index is 12.2. The molecule has 1 N–H and O–H groups in total. The summed E-state index contributed by atoms with van der Waals surface area (Å²) in [5.41, 5.74) is 2.64. The van der Waals surface area contributed by atoms with Crippen LogP contribution in [0.1, 0.15) is 42.9 Å². The van der Waals surface area contributed by atoms with E-state index in [1.807, 2.05) is 0 Å². The quantitative estimate of drug-likeness (QED) is 0.903. The Morgan fingerprint density at radius 3 is 2.08 bits per heavy atom. The molecule has 0 spiro atoms. The number of likely N-dealkylation sites (tertiary alicyclic amines) is 1. The first kappa shape index (κ1) is 16.3. The van der Waals surface area contributed by atoms with Crippen LogP contribution >= 0.6 is 0 Å². The van der Waals surface area contributed by atoms with E-state index in [0.29, 0.717) is 0 Å². The van der Waals surface area contributed by atoms with Crippen molar-refractivity contribution in [2.75, 3.05) is 13.1 Å². The number of benzene rings is 2. The zero-order valence-electron chi connectivity index (χ0n) is 14.6. The van der Waals surface area contributed by atoms with Crippen molar-refractivity contribution in [3.8, 4) is 0 Å². The standard InChI is InChI=1S/C22H26N2O/c25-22(19-13-14-19)23-20-12-7-15-24(16-20)21(17-8-3-1-4-9-17)18-10-5-2-6-11-18/h1-6,8-11,19-21H,7,12-16H2,(H,23,25). The highest BCUT2D eigenvalue weighted by molar-refractivity contribution is 5.81. The summed E-state index contributed by atoms with van der Waals surface area (Å²) in [6.07, 6.45) is 4.36. The van der Waals surface area contributed by atoms with Crippen molar-refractivity contribution in [2.24, 2.45) is 5.92 Å². The Kier molecular flexibility index (Phi) is 4.84. The molecule has 2 fully saturated rings. The lowest BCUT2D eigenvalue weighted by molar-refractivity contribution is -0.123. The summed E-state index contributed by atoms with van der Waals surface area (Å²) < 4.78 is 0. The van der Waals surface area contributed by atoms with Gasteiger partial charge in [-0.15, -0.1) is 0 Å². The lowest BCUT2D eigenvalue weighted by Crippen LogP contribution is -2.49. The predicted octanol–water partition coefficient (Wildman–Crippen LogP) is 3.77. The molecule has 2 aliphatic rings. The third-order valence-electron chi connectivity index (χ3n) is 5.34. The first-order chi connectivity index (χ1) is 12.3. The fourth-order valence-corrected chi connectivity index (χ4v) is 3.91. The highest BCUT2D eigenvalue weighted by atomic mass is 16.2. The highest BCUT2D eigenvalue weighted by Crippen LogP contribution is 2.32. The van der Waals surface area contributed by atoms with Gasteiger partial charge in [-0.05, 0) is 43.4 Å². The third kappa shape index (κ3) is 3.93. The SMILES string of the molecule is O=C(NC1CCCN(C(c2ccccc2)c2ccccc2)C1)C1CC1. The molecule has 4 rings (SSSR count). The molecule has 3 nitrogen and oxygen atoms in total. The van der Waals surface area contributed by atoms with Gasteiger partial charge in [0, 0.05) is 18.5 Å². The van der Waals surface area contributed by atoms with Crippen molar-refractivity contribution < 1.29 is 4.79 Å². The topological polar surface area (TPSA) is 32.3 Å². The minimum absolute atomic E-state index is 0.253. The van der Waals surface area contributed by atoms with Gasteiger partial charge in [-0.3, -0.25) is 9.69 Å². The van der Waals surface area contributed by atoms with E-state index in [0.717, 1.165) is 38.8 Å². The second-order valence-electron chi connectivity index (χ2n) is 7.34. The molecule has 1 atom stereocenters.